The molecule has 0 radical (unpaired) electrons. The molecule has 3 heteroatoms. The van der Waals surface area contributed by atoms with E-state index in [9.17, 15) is 0 Å². The summed E-state index contributed by atoms with van der Waals surface area (Å²) in [6.45, 7) is 0. The Morgan fingerprint density at radius 1 is 0.545 bits per heavy atom. The van der Waals surface area contributed by atoms with Crippen molar-refractivity contribution in [3.63, 3.8) is 0 Å². The van der Waals surface area contributed by atoms with Crippen LogP contribution in [-0.2, 0) is 0 Å². The fourth-order valence-corrected chi connectivity index (χ4v) is 6.98. The van der Waals surface area contributed by atoms with Gasteiger partial charge in [-0.15, -0.1) is 11.3 Å². The second-order valence-corrected chi connectivity index (χ2v) is 11.8. The van der Waals surface area contributed by atoms with Crippen LogP contribution in [0.2, 0.25) is 0 Å². The molecule has 0 saturated heterocycles. The first kappa shape index (κ1) is 24.0. The number of pyridine rings is 1. The average Bonchev–Trinajstić information content (AvgIpc) is 3.51. The Morgan fingerprint density at radius 2 is 1.27 bits per heavy atom. The van der Waals surface area contributed by atoms with Crippen LogP contribution in [0.15, 0.2) is 158 Å². The Hall–Kier alpha value is -5.51. The van der Waals surface area contributed by atoms with Gasteiger partial charge in [-0.2, -0.15) is 0 Å². The van der Waals surface area contributed by atoms with Crippen molar-refractivity contribution < 1.29 is 2.74 Å². The fraction of sp³-hybridized carbons (Fsp3) is 0. The van der Waals surface area contributed by atoms with E-state index >= 15 is 0 Å². The highest BCUT2D eigenvalue weighted by Crippen LogP contribution is 2.39. The minimum absolute atomic E-state index is 0.202. The lowest BCUT2D eigenvalue weighted by atomic mass is 10.0. The molecule has 0 aliphatic carbocycles. The van der Waals surface area contributed by atoms with E-state index in [2.05, 4.69) is 94.8 Å². The number of nitrogens with zero attached hydrogens (tertiary/aromatic N) is 2. The van der Waals surface area contributed by atoms with Gasteiger partial charge in [-0.25, -0.2) is 0 Å². The zero-order valence-electron chi connectivity index (χ0n) is 25.8. The van der Waals surface area contributed by atoms with Crippen molar-refractivity contribution in [1.29, 1.82) is 0 Å². The molecule has 2 nitrogen and oxygen atoms in total. The van der Waals surface area contributed by atoms with Gasteiger partial charge in [0.2, 0.25) is 0 Å². The van der Waals surface area contributed by atoms with E-state index in [0.29, 0.717) is 5.56 Å². The molecule has 0 amide bonds. The van der Waals surface area contributed by atoms with Gasteiger partial charge in [-0.05, 0) is 87.6 Å². The van der Waals surface area contributed by atoms with Gasteiger partial charge < -0.3 is 4.90 Å². The number of hydrogen-bond donors (Lipinski definition) is 0. The van der Waals surface area contributed by atoms with E-state index in [0.717, 1.165) is 49.2 Å². The summed E-state index contributed by atoms with van der Waals surface area (Å²) in [6.07, 6.45) is 3.63. The number of hydrogen-bond acceptors (Lipinski definition) is 3. The molecule has 8 rings (SSSR count). The van der Waals surface area contributed by atoms with E-state index in [4.69, 9.17) is 2.74 Å². The van der Waals surface area contributed by atoms with Crippen LogP contribution in [0.1, 0.15) is 13.9 Å². The SMILES string of the molecule is [2H]/C(=C(/[2H])c1cccc2c1sc1ccccc12)c1ccc(N(c2cccc(-c3ccncc3)c2)c2ccc3ccccc3c2)cc1. The second kappa shape index (κ2) is 11.3. The van der Waals surface area contributed by atoms with Crippen molar-refractivity contribution in [1.82, 2.24) is 4.98 Å². The summed E-state index contributed by atoms with van der Waals surface area (Å²) in [7, 11) is 0. The first-order chi connectivity index (χ1) is 22.6. The minimum Gasteiger partial charge on any atom is -0.310 e. The van der Waals surface area contributed by atoms with Crippen LogP contribution in [0.25, 0.3) is 54.2 Å². The molecule has 0 spiro atoms. The molecule has 0 N–H and O–H groups in total. The van der Waals surface area contributed by atoms with E-state index in [1.165, 1.54) is 15.5 Å². The van der Waals surface area contributed by atoms with Crippen molar-refractivity contribution in [2.75, 3.05) is 4.90 Å². The molecule has 0 saturated carbocycles. The Kier molecular flexibility index (Phi) is 6.16. The van der Waals surface area contributed by atoms with Gasteiger partial charge in [0.25, 0.3) is 0 Å². The number of rotatable bonds is 6. The largest absolute Gasteiger partial charge is 0.310 e. The van der Waals surface area contributed by atoms with Crippen LogP contribution in [0.5, 0.6) is 0 Å². The van der Waals surface area contributed by atoms with Crippen molar-refractivity contribution >= 4 is 71.4 Å². The Morgan fingerprint density at radius 3 is 2.16 bits per heavy atom. The van der Waals surface area contributed by atoms with E-state index in [1.807, 2.05) is 73.1 Å². The molecule has 44 heavy (non-hydrogen) atoms. The van der Waals surface area contributed by atoms with Gasteiger partial charge in [0.05, 0.1) is 2.74 Å². The third-order valence-electron chi connectivity index (χ3n) is 7.98. The quantitative estimate of drug-likeness (QED) is 0.181. The number of benzene rings is 6. The van der Waals surface area contributed by atoms with Crippen LogP contribution in [0, 0.1) is 0 Å². The molecule has 2 aromatic heterocycles. The lowest BCUT2D eigenvalue weighted by Crippen LogP contribution is -2.10. The summed E-state index contributed by atoms with van der Waals surface area (Å²) >= 11 is 1.68. The maximum atomic E-state index is 9.09. The topological polar surface area (TPSA) is 16.1 Å². The summed E-state index contributed by atoms with van der Waals surface area (Å²) in [4.78, 5) is 6.43. The van der Waals surface area contributed by atoms with Crippen molar-refractivity contribution in [2.24, 2.45) is 0 Å². The first-order valence-electron chi connectivity index (χ1n) is 15.6. The lowest BCUT2D eigenvalue weighted by Gasteiger charge is -2.26. The standard InChI is InChI=1S/C41H28N2S/c1-2-8-33-28-37(22-19-30(33)7-1)43(36-11-5-10-34(27-36)31-23-25-42-26-24-31)35-20-16-29(17-21-35)15-18-32-9-6-13-39-38-12-3-4-14-40(38)44-41(32)39/h1-28H/b18-15+/i15D,18D. The Labute approximate surface area is 263 Å². The van der Waals surface area contributed by atoms with Gasteiger partial charge >= 0.3 is 0 Å². The molecule has 6 aromatic carbocycles. The highest BCUT2D eigenvalue weighted by molar-refractivity contribution is 7.26. The number of aromatic nitrogens is 1. The molecular weight excluding hydrogens is 553 g/mol. The summed E-state index contributed by atoms with van der Waals surface area (Å²) < 4.78 is 20.4. The average molecular weight is 583 g/mol. The summed E-state index contributed by atoms with van der Waals surface area (Å²) in [5.74, 6) is 0. The third-order valence-corrected chi connectivity index (χ3v) is 9.20. The van der Waals surface area contributed by atoms with Crippen molar-refractivity contribution in [2.45, 2.75) is 0 Å². The molecule has 2 heterocycles. The Balaban J connectivity index is 1.21. The smallest absolute Gasteiger partial charge is 0.0630 e. The predicted octanol–water partition coefficient (Wildman–Crippen LogP) is 11.9. The first-order valence-corrected chi connectivity index (χ1v) is 15.4. The van der Waals surface area contributed by atoms with Crippen LogP contribution < -0.4 is 4.90 Å². The van der Waals surface area contributed by atoms with E-state index in [-0.39, 0.29) is 12.1 Å². The Bertz CT molecular complexity index is 2390. The van der Waals surface area contributed by atoms with Crippen molar-refractivity contribution in [3.05, 3.63) is 169 Å². The lowest BCUT2D eigenvalue weighted by molar-refractivity contribution is 1.28. The van der Waals surface area contributed by atoms with Crippen LogP contribution in [0.3, 0.4) is 0 Å². The number of thiophene rings is 1. The predicted molar refractivity (Wildman–Crippen MR) is 190 cm³/mol. The third kappa shape index (κ3) is 4.94. The van der Waals surface area contributed by atoms with Crippen LogP contribution >= 0.6 is 11.3 Å². The van der Waals surface area contributed by atoms with Gasteiger partial charge in [-0.3, -0.25) is 4.98 Å². The molecule has 8 aromatic rings. The zero-order valence-corrected chi connectivity index (χ0v) is 24.6. The highest BCUT2D eigenvalue weighted by Gasteiger charge is 2.14. The fourth-order valence-electron chi connectivity index (χ4n) is 5.81. The van der Waals surface area contributed by atoms with E-state index < -0.39 is 0 Å². The van der Waals surface area contributed by atoms with Crippen LogP contribution in [0.4, 0.5) is 17.1 Å². The molecule has 0 atom stereocenters. The zero-order chi connectivity index (χ0) is 31.0. The molecule has 0 fully saturated rings. The van der Waals surface area contributed by atoms with Gasteiger partial charge in [0.1, 0.15) is 0 Å². The van der Waals surface area contributed by atoms with E-state index in [1.54, 1.807) is 11.3 Å². The maximum Gasteiger partial charge on any atom is 0.0630 e. The molecule has 208 valence electrons. The maximum absolute atomic E-state index is 9.09. The number of anilines is 3. The summed E-state index contributed by atoms with van der Waals surface area (Å²) in [5, 5.41) is 4.67. The van der Waals surface area contributed by atoms with Crippen LogP contribution in [-0.4, -0.2) is 4.98 Å². The number of fused-ring (bicyclic) bond motifs is 4. The monoisotopic (exact) mass is 582 g/mol. The molecule has 0 aliphatic heterocycles. The molecule has 0 aliphatic rings. The summed E-state index contributed by atoms with van der Waals surface area (Å²) in [5.41, 5.74) is 6.74. The van der Waals surface area contributed by atoms with Gasteiger partial charge in [0.15, 0.2) is 0 Å². The molecule has 0 bridgehead atoms. The normalized spacial score (nSPS) is 12.6. The molecule has 0 unspecified atom stereocenters. The molecular formula is C41H28N2S. The van der Waals surface area contributed by atoms with Crippen molar-refractivity contribution in [3.8, 4) is 11.1 Å². The highest BCUT2D eigenvalue weighted by atomic mass is 32.1. The van der Waals surface area contributed by atoms with Gasteiger partial charge in [-0.1, -0.05) is 103 Å². The minimum atomic E-state index is 0.202. The summed E-state index contributed by atoms with van der Waals surface area (Å²) in [6, 6.07) is 50.3. The van der Waals surface area contributed by atoms with Gasteiger partial charge in [0, 0.05) is 49.6 Å². The second-order valence-electron chi connectivity index (χ2n) is 10.7.